The van der Waals surface area contributed by atoms with Crippen LogP contribution in [0.4, 0.5) is 0 Å². The minimum absolute atomic E-state index is 0.416. The zero-order valence-corrected chi connectivity index (χ0v) is 7.33. The molecule has 0 N–H and O–H groups in total. The summed E-state index contributed by atoms with van der Waals surface area (Å²) in [5.41, 5.74) is 0. The summed E-state index contributed by atoms with van der Waals surface area (Å²) in [6, 6.07) is 0. The highest BCUT2D eigenvalue weighted by Crippen LogP contribution is 2.23. The predicted octanol–water partition coefficient (Wildman–Crippen LogP) is 0.714. The van der Waals surface area contributed by atoms with Gasteiger partial charge in [-0.3, -0.25) is 0 Å². The van der Waals surface area contributed by atoms with E-state index in [1.165, 1.54) is 0 Å². The van der Waals surface area contributed by atoms with Crippen LogP contribution in [0.15, 0.2) is 0 Å². The van der Waals surface area contributed by atoms with Gasteiger partial charge in [0.1, 0.15) is 12.2 Å². The highest BCUT2D eigenvalue weighted by atomic mass is 17.0. The van der Waals surface area contributed by atoms with Crippen molar-refractivity contribution in [3.63, 3.8) is 0 Å². The number of hydrogen-bond donors (Lipinski definition) is 0. The summed E-state index contributed by atoms with van der Waals surface area (Å²) in [5, 5.41) is 18.2. The standard InChI is InChI=1S/C6H10N2O6/c9-7(10)13-5-3-1-2-4-6(5)14-8(11)12/h5-6H,1-4H2/t5-,6-/m0/s1. The van der Waals surface area contributed by atoms with Gasteiger partial charge < -0.3 is 9.68 Å². The van der Waals surface area contributed by atoms with Gasteiger partial charge in [0, 0.05) is 0 Å². The largest absolute Gasteiger partial charge is 0.308 e. The van der Waals surface area contributed by atoms with Crippen molar-refractivity contribution in [1.82, 2.24) is 0 Å². The van der Waals surface area contributed by atoms with Crippen molar-refractivity contribution in [2.45, 2.75) is 37.9 Å². The molecule has 0 heterocycles. The summed E-state index contributed by atoms with van der Waals surface area (Å²) < 4.78 is 0. The molecule has 0 bridgehead atoms. The lowest BCUT2D eigenvalue weighted by Gasteiger charge is -2.27. The lowest BCUT2D eigenvalue weighted by molar-refractivity contribution is -0.800. The third-order valence-corrected chi connectivity index (χ3v) is 2.08. The van der Waals surface area contributed by atoms with Crippen LogP contribution in [0.3, 0.4) is 0 Å². The lowest BCUT2D eigenvalue weighted by atomic mass is 9.95. The average molecular weight is 206 g/mol. The van der Waals surface area contributed by atoms with Crippen molar-refractivity contribution in [3.8, 4) is 0 Å². The van der Waals surface area contributed by atoms with Crippen molar-refractivity contribution in [2.75, 3.05) is 0 Å². The zero-order valence-electron chi connectivity index (χ0n) is 7.33. The second-order valence-electron chi connectivity index (χ2n) is 3.02. The van der Waals surface area contributed by atoms with E-state index in [0.29, 0.717) is 12.8 Å². The van der Waals surface area contributed by atoms with Gasteiger partial charge in [-0.25, -0.2) is 0 Å². The Labute approximate surface area is 79.0 Å². The van der Waals surface area contributed by atoms with E-state index in [0.717, 1.165) is 12.8 Å². The van der Waals surface area contributed by atoms with Gasteiger partial charge in [-0.15, -0.1) is 20.2 Å². The van der Waals surface area contributed by atoms with Gasteiger partial charge in [-0.05, 0) is 12.8 Å². The molecule has 0 amide bonds. The van der Waals surface area contributed by atoms with E-state index < -0.39 is 22.4 Å². The molecule has 1 rings (SSSR count). The Morgan fingerprint density at radius 2 is 1.29 bits per heavy atom. The fraction of sp³-hybridized carbons (Fsp3) is 1.00. The Bertz CT molecular complexity index is 208. The Morgan fingerprint density at radius 3 is 1.57 bits per heavy atom. The van der Waals surface area contributed by atoms with Gasteiger partial charge >= 0.3 is 0 Å². The van der Waals surface area contributed by atoms with Gasteiger partial charge in [0.05, 0.1) is 0 Å². The third kappa shape index (κ3) is 3.04. The van der Waals surface area contributed by atoms with E-state index in [4.69, 9.17) is 0 Å². The van der Waals surface area contributed by atoms with Gasteiger partial charge in [0.25, 0.3) is 10.2 Å². The molecule has 1 saturated carbocycles. The first-order valence-electron chi connectivity index (χ1n) is 4.22. The van der Waals surface area contributed by atoms with Crippen molar-refractivity contribution >= 4 is 0 Å². The summed E-state index contributed by atoms with van der Waals surface area (Å²) in [7, 11) is 0. The monoisotopic (exact) mass is 206 g/mol. The van der Waals surface area contributed by atoms with Crippen LogP contribution in [-0.4, -0.2) is 22.4 Å². The Kier molecular flexibility index (Phi) is 3.43. The van der Waals surface area contributed by atoms with Crippen molar-refractivity contribution in [2.24, 2.45) is 0 Å². The molecular weight excluding hydrogens is 196 g/mol. The molecular formula is C6H10N2O6. The summed E-state index contributed by atoms with van der Waals surface area (Å²) in [6.45, 7) is 0. The first-order valence-corrected chi connectivity index (χ1v) is 4.22. The topological polar surface area (TPSA) is 105 Å². The Hall–Kier alpha value is -1.60. The van der Waals surface area contributed by atoms with Crippen LogP contribution in [0.25, 0.3) is 0 Å². The van der Waals surface area contributed by atoms with Crippen LogP contribution < -0.4 is 0 Å². The van der Waals surface area contributed by atoms with Gasteiger partial charge in [0.15, 0.2) is 0 Å². The molecule has 1 aliphatic rings. The van der Waals surface area contributed by atoms with E-state index in [9.17, 15) is 20.2 Å². The van der Waals surface area contributed by atoms with E-state index in [1.54, 1.807) is 0 Å². The maximum atomic E-state index is 10.1. The molecule has 0 aromatic carbocycles. The van der Waals surface area contributed by atoms with Crippen molar-refractivity contribution in [3.05, 3.63) is 20.2 Å². The summed E-state index contributed by atoms with van der Waals surface area (Å²) in [5.74, 6) is 0. The molecule has 8 nitrogen and oxygen atoms in total. The van der Waals surface area contributed by atoms with Crippen LogP contribution in [0.2, 0.25) is 0 Å². The molecule has 0 radical (unpaired) electrons. The molecule has 0 aliphatic heterocycles. The smallest absolute Gasteiger partial charge is 0.294 e. The van der Waals surface area contributed by atoms with Crippen LogP contribution in [0.1, 0.15) is 25.7 Å². The quantitative estimate of drug-likeness (QED) is 0.495. The molecule has 1 fully saturated rings. The van der Waals surface area contributed by atoms with Gasteiger partial charge in [0.2, 0.25) is 0 Å². The van der Waals surface area contributed by atoms with Crippen molar-refractivity contribution in [1.29, 1.82) is 0 Å². The molecule has 8 heteroatoms. The van der Waals surface area contributed by atoms with E-state index >= 15 is 0 Å². The van der Waals surface area contributed by atoms with E-state index in [2.05, 4.69) is 9.68 Å². The average Bonchev–Trinajstić information content (AvgIpc) is 2.06. The van der Waals surface area contributed by atoms with Gasteiger partial charge in [-0.2, -0.15) is 0 Å². The SMILES string of the molecule is O=[N+]([O-])O[C@H]1CCCC[C@@H]1O[N+](=O)[O-]. The van der Waals surface area contributed by atoms with Crippen LogP contribution >= 0.6 is 0 Å². The number of hydrogen-bond acceptors (Lipinski definition) is 6. The fourth-order valence-electron chi connectivity index (χ4n) is 1.53. The predicted molar refractivity (Wildman–Crippen MR) is 42.2 cm³/mol. The lowest BCUT2D eigenvalue weighted by Crippen LogP contribution is -2.37. The van der Waals surface area contributed by atoms with Crippen LogP contribution in [0, 0.1) is 20.2 Å². The molecule has 0 aromatic heterocycles. The second kappa shape index (κ2) is 4.58. The van der Waals surface area contributed by atoms with Crippen LogP contribution in [-0.2, 0) is 9.68 Å². The third-order valence-electron chi connectivity index (χ3n) is 2.08. The fourth-order valence-corrected chi connectivity index (χ4v) is 1.53. The molecule has 0 unspecified atom stereocenters. The molecule has 0 aromatic rings. The van der Waals surface area contributed by atoms with Crippen LogP contribution in [0.5, 0.6) is 0 Å². The Balaban J connectivity index is 2.49. The molecule has 14 heavy (non-hydrogen) atoms. The highest BCUT2D eigenvalue weighted by molar-refractivity contribution is 4.74. The first kappa shape index (κ1) is 10.5. The molecule has 2 atom stereocenters. The van der Waals surface area contributed by atoms with E-state index in [-0.39, 0.29) is 0 Å². The Morgan fingerprint density at radius 1 is 0.929 bits per heavy atom. The van der Waals surface area contributed by atoms with Gasteiger partial charge in [-0.1, -0.05) is 12.8 Å². The minimum atomic E-state index is -0.938. The van der Waals surface area contributed by atoms with Crippen molar-refractivity contribution < 1.29 is 19.8 Å². The molecule has 1 aliphatic carbocycles. The summed E-state index contributed by atoms with van der Waals surface area (Å²) in [6.07, 6.45) is 0.721. The maximum Gasteiger partial charge on any atom is 0.294 e. The minimum Gasteiger partial charge on any atom is -0.308 e. The normalized spacial score (nSPS) is 26.6. The maximum absolute atomic E-state index is 10.1. The summed E-state index contributed by atoms with van der Waals surface area (Å²) >= 11 is 0. The molecule has 0 spiro atoms. The number of rotatable bonds is 4. The first-order chi connectivity index (χ1) is 6.59. The van der Waals surface area contributed by atoms with E-state index in [1.807, 2.05) is 0 Å². The molecule has 80 valence electrons. The highest BCUT2D eigenvalue weighted by Gasteiger charge is 2.30. The summed E-state index contributed by atoms with van der Waals surface area (Å²) in [4.78, 5) is 28.7. The zero-order chi connectivity index (χ0) is 10.6. The molecule has 0 saturated heterocycles. The number of nitrogens with zero attached hydrogens (tertiary/aromatic N) is 2. The second-order valence-corrected chi connectivity index (χ2v) is 3.02.